The number of amides is 2. The van der Waals surface area contributed by atoms with E-state index in [4.69, 9.17) is 4.74 Å². The first-order chi connectivity index (χ1) is 13.0. The van der Waals surface area contributed by atoms with Gasteiger partial charge in [0.15, 0.2) is 5.13 Å². The smallest absolute Gasteiger partial charge is 0.231 e. The highest BCUT2D eigenvalue weighted by Crippen LogP contribution is 2.30. The van der Waals surface area contributed by atoms with Crippen molar-refractivity contribution in [2.75, 3.05) is 23.9 Å². The summed E-state index contributed by atoms with van der Waals surface area (Å²) in [6.07, 6.45) is 0.196. The summed E-state index contributed by atoms with van der Waals surface area (Å²) in [5.74, 6) is 0.106. The number of hydrogen-bond acceptors (Lipinski definition) is 5. The molecule has 1 aliphatic heterocycles. The van der Waals surface area contributed by atoms with Gasteiger partial charge in [0.25, 0.3) is 0 Å². The van der Waals surface area contributed by atoms with Gasteiger partial charge in [-0.15, -0.1) is 0 Å². The maximum absolute atomic E-state index is 12.6. The number of carbonyl (C=O) groups is 2. The lowest BCUT2D eigenvalue weighted by Crippen LogP contribution is -2.28. The van der Waals surface area contributed by atoms with Crippen LogP contribution < -0.4 is 15.0 Å². The Morgan fingerprint density at radius 3 is 2.78 bits per heavy atom. The van der Waals surface area contributed by atoms with E-state index in [0.717, 1.165) is 27.2 Å². The van der Waals surface area contributed by atoms with E-state index in [1.165, 1.54) is 11.3 Å². The first-order valence-electron chi connectivity index (χ1n) is 8.66. The molecule has 2 heterocycles. The van der Waals surface area contributed by atoms with E-state index in [1.807, 2.05) is 37.3 Å². The van der Waals surface area contributed by atoms with Gasteiger partial charge < -0.3 is 15.0 Å². The number of anilines is 2. The quantitative estimate of drug-likeness (QED) is 0.749. The number of carbonyl (C=O) groups excluding carboxylic acids is 2. The molecule has 6 nitrogen and oxygen atoms in total. The predicted octanol–water partition coefficient (Wildman–Crippen LogP) is 3.60. The fourth-order valence-corrected chi connectivity index (χ4v) is 4.15. The number of nitrogens with zero attached hydrogens (tertiary/aromatic N) is 2. The van der Waals surface area contributed by atoms with E-state index < -0.39 is 5.92 Å². The van der Waals surface area contributed by atoms with Crippen LogP contribution in [0.2, 0.25) is 0 Å². The number of aryl methyl sites for hydroxylation is 1. The average molecular weight is 381 g/mol. The maximum Gasteiger partial charge on any atom is 0.231 e. The minimum Gasteiger partial charge on any atom is -0.497 e. The van der Waals surface area contributed by atoms with Crippen LogP contribution in [0.3, 0.4) is 0 Å². The number of ether oxygens (including phenoxy) is 1. The van der Waals surface area contributed by atoms with Gasteiger partial charge >= 0.3 is 0 Å². The fraction of sp³-hybridized carbons (Fsp3) is 0.250. The molecule has 27 heavy (non-hydrogen) atoms. The van der Waals surface area contributed by atoms with Gasteiger partial charge in [-0.2, -0.15) is 0 Å². The number of methoxy groups -OCH3 is 1. The number of hydrogen-bond donors (Lipinski definition) is 1. The van der Waals surface area contributed by atoms with E-state index >= 15 is 0 Å². The van der Waals surface area contributed by atoms with Crippen molar-refractivity contribution in [3.8, 4) is 5.75 Å². The molecule has 1 aromatic heterocycles. The third-order valence-electron chi connectivity index (χ3n) is 4.65. The maximum atomic E-state index is 12.6. The lowest BCUT2D eigenvalue weighted by Gasteiger charge is -2.16. The van der Waals surface area contributed by atoms with Gasteiger partial charge in [-0.3, -0.25) is 9.59 Å². The molecule has 1 saturated heterocycles. The molecule has 3 aromatic rings. The zero-order valence-corrected chi connectivity index (χ0v) is 15.9. The molecule has 1 aliphatic rings. The molecule has 0 unspecified atom stereocenters. The SMILES string of the molecule is COc1ccc(N2C[C@H](C(=O)Nc3nc4ccc(C)cc4s3)CC2=O)cc1. The molecular weight excluding hydrogens is 362 g/mol. The van der Waals surface area contributed by atoms with Crippen LogP contribution in [0, 0.1) is 12.8 Å². The van der Waals surface area contributed by atoms with Crippen LogP contribution in [-0.4, -0.2) is 30.5 Å². The lowest BCUT2D eigenvalue weighted by atomic mass is 10.1. The highest BCUT2D eigenvalue weighted by molar-refractivity contribution is 7.22. The molecule has 1 atom stereocenters. The van der Waals surface area contributed by atoms with Crippen molar-refractivity contribution in [2.24, 2.45) is 5.92 Å². The Labute approximate surface area is 160 Å². The van der Waals surface area contributed by atoms with Gasteiger partial charge in [0.05, 0.1) is 23.2 Å². The van der Waals surface area contributed by atoms with Crippen molar-refractivity contribution >= 4 is 44.2 Å². The first-order valence-corrected chi connectivity index (χ1v) is 9.47. The summed E-state index contributed by atoms with van der Waals surface area (Å²) < 4.78 is 6.18. The minimum absolute atomic E-state index is 0.0553. The Morgan fingerprint density at radius 1 is 1.26 bits per heavy atom. The molecule has 0 aliphatic carbocycles. The minimum atomic E-state index is -0.395. The number of thiazole rings is 1. The third kappa shape index (κ3) is 3.50. The molecule has 1 N–H and O–H groups in total. The molecule has 7 heteroatoms. The molecule has 2 amide bonds. The van der Waals surface area contributed by atoms with Crippen molar-refractivity contribution in [1.29, 1.82) is 0 Å². The molecule has 4 rings (SSSR count). The highest BCUT2D eigenvalue weighted by Gasteiger charge is 2.35. The Hall–Kier alpha value is -2.93. The predicted molar refractivity (Wildman–Crippen MR) is 106 cm³/mol. The van der Waals surface area contributed by atoms with E-state index in [2.05, 4.69) is 10.3 Å². The molecule has 2 aromatic carbocycles. The second-order valence-electron chi connectivity index (χ2n) is 6.58. The van der Waals surface area contributed by atoms with E-state index in [9.17, 15) is 9.59 Å². The van der Waals surface area contributed by atoms with Crippen LogP contribution in [0.5, 0.6) is 5.75 Å². The first kappa shape index (κ1) is 17.5. The highest BCUT2D eigenvalue weighted by atomic mass is 32.1. The number of nitrogens with one attached hydrogen (secondary N) is 1. The van der Waals surface area contributed by atoms with E-state index in [1.54, 1.807) is 24.1 Å². The van der Waals surface area contributed by atoms with Crippen LogP contribution in [0.25, 0.3) is 10.2 Å². The second kappa shape index (κ2) is 7.00. The number of benzene rings is 2. The molecule has 138 valence electrons. The van der Waals surface area contributed by atoms with E-state index in [0.29, 0.717) is 11.7 Å². The molecule has 1 fully saturated rings. The number of fused-ring (bicyclic) bond motifs is 1. The van der Waals surface area contributed by atoms with Gasteiger partial charge in [0, 0.05) is 18.7 Å². The summed E-state index contributed by atoms with van der Waals surface area (Å²) in [5, 5.41) is 3.44. The normalized spacial score (nSPS) is 16.7. The standard InChI is InChI=1S/C20H19N3O3S/c1-12-3-8-16-17(9-12)27-20(21-16)22-19(25)13-10-18(24)23(11-13)14-4-6-15(26-2)7-5-14/h3-9,13H,10-11H2,1-2H3,(H,21,22,25)/t13-/m1/s1. The molecule has 0 radical (unpaired) electrons. The molecule has 0 spiro atoms. The Morgan fingerprint density at radius 2 is 2.04 bits per heavy atom. The van der Waals surface area contributed by atoms with Gasteiger partial charge in [0.2, 0.25) is 11.8 Å². The van der Waals surface area contributed by atoms with Gasteiger partial charge in [-0.1, -0.05) is 17.4 Å². The van der Waals surface area contributed by atoms with Crippen LogP contribution in [0.15, 0.2) is 42.5 Å². The number of rotatable bonds is 4. The summed E-state index contributed by atoms with van der Waals surface area (Å²) in [6.45, 7) is 2.39. The van der Waals surface area contributed by atoms with Crippen molar-refractivity contribution in [3.63, 3.8) is 0 Å². The summed E-state index contributed by atoms with van der Waals surface area (Å²) in [5.41, 5.74) is 2.79. The Kier molecular flexibility index (Phi) is 4.53. The topological polar surface area (TPSA) is 71.5 Å². The van der Waals surface area contributed by atoms with Gasteiger partial charge in [-0.05, 0) is 48.9 Å². The molecule has 0 saturated carbocycles. The summed E-state index contributed by atoms with van der Waals surface area (Å²) >= 11 is 1.45. The second-order valence-corrected chi connectivity index (χ2v) is 7.61. The largest absolute Gasteiger partial charge is 0.497 e. The zero-order chi connectivity index (χ0) is 19.0. The fourth-order valence-electron chi connectivity index (χ4n) is 3.19. The van der Waals surface area contributed by atoms with Gasteiger partial charge in [0.1, 0.15) is 5.75 Å². The summed E-state index contributed by atoms with van der Waals surface area (Å²) in [7, 11) is 1.60. The molecular formula is C20H19N3O3S. The number of aromatic nitrogens is 1. The van der Waals surface area contributed by atoms with Gasteiger partial charge in [-0.25, -0.2) is 4.98 Å². The van der Waals surface area contributed by atoms with Crippen LogP contribution >= 0.6 is 11.3 Å². The monoisotopic (exact) mass is 381 g/mol. The van der Waals surface area contributed by atoms with Crippen LogP contribution in [0.4, 0.5) is 10.8 Å². The van der Waals surface area contributed by atoms with Crippen molar-refractivity contribution in [3.05, 3.63) is 48.0 Å². The van der Waals surface area contributed by atoms with E-state index in [-0.39, 0.29) is 18.2 Å². The lowest BCUT2D eigenvalue weighted by molar-refractivity contribution is -0.122. The Bertz CT molecular complexity index is 1010. The third-order valence-corrected chi connectivity index (χ3v) is 5.59. The van der Waals surface area contributed by atoms with Crippen LogP contribution in [0.1, 0.15) is 12.0 Å². The Balaban J connectivity index is 1.46. The van der Waals surface area contributed by atoms with Crippen molar-refractivity contribution < 1.29 is 14.3 Å². The van der Waals surface area contributed by atoms with Crippen molar-refractivity contribution in [2.45, 2.75) is 13.3 Å². The summed E-state index contributed by atoms with van der Waals surface area (Å²) in [6, 6.07) is 13.3. The average Bonchev–Trinajstić information content (AvgIpc) is 3.24. The zero-order valence-electron chi connectivity index (χ0n) is 15.1. The van der Waals surface area contributed by atoms with Crippen LogP contribution in [-0.2, 0) is 9.59 Å². The van der Waals surface area contributed by atoms with Crippen molar-refractivity contribution in [1.82, 2.24) is 4.98 Å². The molecule has 0 bridgehead atoms. The summed E-state index contributed by atoms with van der Waals surface area (Å²) in [4.78, 5) is 31.1.